The zero-order valence-corrected chi connectivity index (χ0v) is 22.1. The number of aryl methyl sites for hydroxylation is 1. The minimum Gasteiger partial charge on any atom is -0.381 e. The Balaban J connectivity index is 1.19. The minimum absolute atomic E-state index is 0.455. The number of ether oxygens (including phenoxy) is 1. The van der Waals surface area contributed by atoms with E-state index in [1.165, 1.54) is 34.6 Å². The van der Waals surface area contributed by atoms with E-state index in [0.717, 1.165) is 83.2 Å². The van der Waals surface area contributed by atoms with Gasteiger partial charge in [-0.25, -0.2) is 0 Å². The van der Waals surface area contributed by atoms with Gasteiger partial charge in [0.1, 0.15) is 5.84 Å². The molecule has 3 saturated heterocycles. The average Bonchev–Trinajstić information content (AvgIpc) is 3.29. The van der Waals surface area contributed by atoms with E-state index in [1.54, 1.807) is 5.57 Å². The van der Waals surface area contributed by atoms with E-state index in [2.05, 4.69) is 48.2 Å². The second-order valence-corrected chi connectivity index (χ2v) is 11.4. The second-order valence-electron chi connectivity index (χ2n) is 11.4. The van der Waals surface area contributed by atoms with Gasteiger partial charge in [0.2, 0.25) is 0 Å². The first kappa shape index (κ1) is 23.9. The highest BCUT2D eigenvalue weighted by Crippen LogP contribution is 2.40. The number of hydrogen-bond donors (Lipinski definition) is 1. The lowest BCUT2D eigenvalue weighted by atomic mass is 9.79. The molecule has 6 heteroatoms. The molecule has 0 amide bonds. The van der Waals surface area contributed by atoms with Gasteiger partial charge < -0.3 is 15.0 Å². The predicted molar refractivity (Wildman–Crippen MR) is 147 cm³/mol. The summed E-state index contributed by atoms with van der Waals surface area (Å²) in [6.07, 6.45) is 7.51. The van der Waals surface area contributed by atoms with Gasteiger partial charge in [-0.2, -0.15) is 0 Å². The number of nitrogens with zero attached hydrogens (tertiary/aromatic N) is 4. The van der Waals surface area contributed by atoms with Crippen molar-refractivity contribution >= 4 is 11.5 Å². The second kappa shape index (κ2) is 9.79. The molecule has 0 aromatic carbocycles. The summed E-state index contributed by atoms with van der Waals surface area (Å²) >= 11 is 0. The molecule has 1 aromatic heterocycles. The van der Waals surface area contributed by atoms with Crippen molar-refractivity contribution in [2.45, 2.75) is 57.9 Å². The number of anilines is 1. The van der Waals surface area contributed by atoms with Crippen LogP contribution >= 0.6 is 0 Å². The number of rotatable bonds is 5. The molecule has 0 aliphatic carbocycles. The molecule has 6 heterocycles. The number of aliphatic imine (C=N–C) groups is 1. The molecule has 0 saturated carbocycles. The fourth-order valence-electron chi connectivity index (χ4n) is 7.05. The van der Waals surface area contributed by atoms with E-state index in [1.807, 2.05) is 6.08 Å². The van der Waals surface area contributed by atoms with Crippen LogP contribution in [0.1, 0.15) is 55.5 Å². The van der Waals surface area contributed by atoms with E-state index in [0.29, 0.717) is 23.8 Å². The Labute approximate surface area is 216 Å². The van der Waals surface area contributed by atoms with Crippen molar-refractivity contribution in [2.24, 2.45) is 16.8 Å². The zero-order valence-electron chi connectivity index (χ0n) is 22.1. The van der Waals surface area contributed by atoms with Crippen LogP contribution in [0.5, 0.6) is 0 Å². The van der Waals surface area contributed by atoms with Gasteiger partial charge in [0.15, 0.2) is 0 Å². The quantitative estimate of drug-likeness (QED) is 0.611. The van der Waals surface area contributed by atoms with Gasteiger partial charge >= 0.3 is 0 Å². The summed E-state index contributed by atoms with van der Waals surface area (Å²) in [5, 5.41) is 3.82. The highest BCUT2D eigenvalue weighted by Gasteiger charge is 2.38. The third-order valence-electron chi connectivity index (χ3n) is 9.22. The number of amidine groups is 1. The molecule has 0 spiro atoms. The van der Waals surface area contributed by atoms with Crippen LogP contribution in [-0.4, -0.2) is 72.6 Å². The molecule has 2 atom stereocenters. The lowest BCUT2D eigenvalue weighted by Gasteiger charge is -2.43. The normalized spacial score (nSPS) is 27.5. The van der Waals surface area contributed by atoms with Gasteiger partial charge in [-0.05, 0) is 74.1 Å². The molecular formula is C30H41N5O. The van der Waals surface area contributed by atoms with Crippen LogP contribution < -0.4 is 5.32 Å². The van der Waals surface area contributed by atoms with Crippen molar-refractivity contribution in [1.29, 1.82) is 0 Å². The Morgan fingerprint density at radius 3 is 2.75 bits per heavy atom. The maximum Gasteiger partial charge on any atom is 0.128 e. The average molecular weight is 488 g/mol. The standard InChI is InChI=1S/C30H41N5O/c1-5-20(3)34-11-7-24(18-34)35-16-23(17-35)27-15-28-26(21(4)32-27)14-19(2)29-25(6-10-31-30(29)33-28)22-8-12-36-13-9-22/h5,15,19,22-24H,1,3,6-14,16-18H2,2,4H3,(H,31,33). The Morgan fingerprint density at radius 2 is 1.97 bits per heavy atom. The molecule has 2 unspecified atom stereocenters. The molecule has 5 aliphatic heterocycles. The number of likely N-dealkylation sites (tertiary alicyclic amines) is 2. The van der Waals surface area contributed by atoms with E-state index in [9.17, 15) is 0 Å². The molecule has 6 nitrogen and oxygen atoms in total. The number of pyridine rings is 1. The molecule has 1 N–H and O–H groups in total. The van der Waals surface area contributed by atoms with E-state index < -0.39 is 0 Å². The molecule has 0 bridgehead atoms. The van der Waals surface area contributed by atoms with Gasteiger partial charge in [-0.3, -0.25) is 14.9 Å². The summed E-state index contributed by atoms with van der Waals surface area (Å²) in [5.74, 6) is 2.73. The number of nitrogens with one attached hydrogen (secondary N) is 1. The van der Waals surface area contributed by atoms with Crippen LogP contribution in [0.4, 0.5) is 5.69 Å². The first-order valence-corrected chi connectivity index (χ1v) is 13.9. The smallest absolute Gasteiger partial charge is 0.128 e. The van der Waals surface area contributed by atoms with Gasteiger partial charge in [-0.15, -0.1) is 0 Å². The summed E-state index contributed by atoms with van der Waals surface area (Å²) in [6, 6.07) is 2.96. The molecule has 5 aliphatic rings. The third kappa shape index (κ3) is 4.32. The van der Waals surface area contributed by atoms with Crippen LogP contribution in [0.25, 0.3) is 0 Å². The zero-order chi connectivity index (χ0) is 24.8. The van der Waals surface area contributed by atoms with Crippen LogP contribution in [0.15, 0.2) is 47.1 Å². The summed E-state index contributed by atoms with van der Waals surface area (Å²) in [4.78, 5) is 15.2. The fraction of sp³-hybridized carbons (Fsp3) is 0.600. The number of fused-ring (bicyclic) bond motifs is 2. The number of aromatic nitrogens is 1. The molecule has 3 fully saturated rings. The van der Waals surface area contributed by atoms with Gasteiger partial charge in [0.05, 0.1) is 0 Å². The Morgan fingerprint density at radius 1 is 1.17 bits per heavy atom. The molecule has 1 aromatic rings. The van der Waals surface area contributed by atoms with Crippen LogP contribution in [0, 0.1) is 18.8 Å². The lowest BCUT2D eigenvalue weighted by Crippen LogP contribution is -2.51. The van der Waals surface area contributed by atoms with Gasteiger partial charge in [0, 0.05) is 80.7 Å². The maximum atomic E-state index is 5.67. The molecule has 36 heavy (non-hydrogen) atoms. The SMILES string of the molecule is C=CC(=C)N1CCC(N2CC(c3cc4c(c(C)n3)CC(C)C3=C(C5CCOCC5)CCN=C3N4)C2)C1. The summed E-state index contributed by atoms with van der Waals surface area (Å²) in [5.41, 5.74) is 9.20. The molecule has 192 valence electrons. The summed E-state index contributed by atoms with van der Waals surface area (Å²) in [7, 11) is 0. The Bertz CT molecular complexity index is 1110. The summed E-state index contributed by atoms with van der Waals surface area (Å²) in [6.45, 7) is 19.6. The Hall–Kier alpha value is -2.44. The minimum atomic E-state index is 0.455. The molecular weight excluding hydrogens is 446 g/mol. The van der Waals surface area contributed by atoms with Gasteiger partial charge in [-0.1, -0.05) is 25.7 Å². The number of dihydropyridines is 1. The lowest BCUT2D eigenvalue weighted by molar-refractivity contribution is 0.0746. The maximum absolute atomic E-state index is 5.67. The van der Waals surface area contributed by atoms with Gasteiger partial charge in [0.25, 0.3) is 0 Å². The van der Waals surface area contributed by atoms with E-state index in [4.69, 9.17) is 14.7 Å². The monoisotopic (exact) mass is 487 g/mol. The predicted octanol–water partition coefficient (Wildman–Crippen LogP) is 4.69. The number of hydrogen-bond acceptors (Lipinski definition) is 6. The van der Waals surface area contributed by atoms with Crippen molar-refractivity contribution in [2.75, 3.05) is 51.3 Å². The topological polar surface area (TPSA) is 53.0 Å². The molecule has 6 rings (SSSR count). The number of allylic oxidation sites excluding steroid dienone is 1. The van der Waals surface area contributed by atoms with E-state index >= 15 is 0 Å². The third-order valence-corrected chi connectivity index (χ3v) is 9.22. The van der Waals surface area contributed by atoms with Crippen molar-refractivity contribution in [3.05, 3.63) is 59.1 Å². The van der Waals surface area contributed by atoms with Crippen molar-refractivity contribution in [3.63, 3.8) is 0 Å². The highest BCUT2D eigenvalue weighted by molar-refractivity contribution is 6.10. The Kier molecular flexibility index (Phi) is 6.51. The van der Waals surface area contributed by atoms with Crippen LogP contribution in [0.2, 0.25) is 0 Å². The van der Waals surface area contributed by atoms with E-state index in [-0.39, 0.29) is 0 Å². The van der Waals surface area contributed by atoms with Crippen molar-refractivity contribution in [3.8, 4) is 0 Å². The largest absolute Gasteiger partial charge is 0.381 e. The van der Waals surface area contributed by atoms with Crippen molar-refractivity contribution in [1.82, 2.24) is 14.8 Å². The summed E-state index contributed by atoms with van der Waals surface area (Å²) < 4.78 is 5.67. The highest BCUT2D eigenvalue weighted by atomic mass is 16.5. The fourth-order valence-corrected chi connectivity index (χ4v) is 7.05. The molecule has 0 radical (unpaired) electrons. The first-order valence-electron chi connectivity index (χ1n) is 13.9. The van der Waals surface area contributed by atoms with Crippen molar-refractivity contribution < 1.29 is 4.74 Å². The van der Waals surface area contributed by atoms with Crippen LogP contribution in [-0.2, 0) is 11.2 Å². The van der Waals surface area contributed by atoms with Crippen LogP contribution in [0.3, 0.4) is 0 Å². The first-order chi connectivity index (χ1) is 17.5.